The molecule has 0 aliphatic heterocycles. The van der Waals surface area contributed by atoms with Crippen LogP contribution >= 0.6 is 11.3 Å². The van der Waals surface area contributed by atoms with E-state index in [1.165, 1.54) is 23.5 Å². The van der Waals surface area contributed by atoms with Gasteiger partial charge in [-0.15, -0.1) is 11.3 Å². The van der Waals surface area contributed by atoms with Crippen molar-refractivity contribution in [2.24, 2.45) is 0 Å². The average Bonchev–Trinajstić information content (AvgIpc) is 3.53. The van der Waals surface area contributed by atoms with Crippen molar-refractivity contribution in [1.29, 1.82) is 0 Å². The zero-order valence-electron chi connectivity index (χ0n) is 17.9. The molecule has 5 aromatic rings. The molecule has 0 atom stereocenters. The SMILES string of the molecule is O=C(Nc1nc(-c2ccc(C(F)(F)F)cc2)cs1)c1cc(-c2ccncc2)n(-c2ccccc2)n1. The Balaban J connectivity index is 1.40. The van der Waals surface area contributed by atoms with E-state index in [-0.39, 0.29) is 5.69 Å². The summed E-state index contributed by atoms with van der Waals surface area (Å²) in [4.78, 5) is 21.4. The molecule has 0 fully saturated rings. The summed E-state index contributed by atoms with van der Waals surface area (Å²) in [5.74, 6) is -0.455. The molecule has 6 nitrogen and oxygen atoms in total. The minimum atomic E-state index is -4.40. The van der Waals surface area contributed by atoms with Crippen LogP contribution in [0.25, 0.3) is 28.2 Å². The number of rotatable bonds is 5. The van der Waals surface area contributed by atoms with Crippen molar-refractivity contribution in [3.05, 3.63) is 102 Å². The van der Waals surface area contributed by atoms with Gasteiger partial charge < -0.3 is 0 Å². The van der Waals surface area contributed by atoms with Crippen LogP contribution in [0.15, 0.2) is 90.6 Å². The van der Waals surface area contributed by atoms with Crippen LogP contribution in [0.2, 0.25) is 0 Å². The highest BCUT2D eigenvalue weighted by molar-refractivity contribution is 7.14. The molecular formula is C25H16F3N5OS. The summed E-state index contributed by atoms with van der Waals surface area (Å²) in [7, 11) is 0. The first-order valence-electron chi connectivity index (χ1n) is 10.4. The van der Waals surface area contributed by atoms with Crippen molar-refractivity contribution in [1.82, 2.24) is 19.7 Å². The largest absolute Gasteiger partial charge is 0.416 e. The molecule has 0 bridgehead atoms. The van der Waals surface area contributed by atoms with E-state index in [0.29, 0.717) is 22.1 Å². The summed E-state index contributed by atoms with van der Waals surface area (Å²) >= 11 is 1.17. The Morgan fingerprint density at radius 2 is 1.63 bits per heavy atom. The molecule has 0 unspecified atom stereocenters. The van der Waals surface area contributed by atoms with Gasteiger partial charge in [-0.3, -0.25) is 15.1 Å². The summed E-state index contributed by atoms with van der Waals surface area (Å²) < 4.78 is 40.1. The summed E-state index contributed by atoms with van der Waals surface area (Å²) in [5, 5.41) is 9.21. The number of benzene rings is 2. The molecule has 0 saturated carbocycles. The highest BCUT2D eigenvalue weighted by atomic mass is 32.1. The maximum Gasteiger partial charge on any atom is 0.416 e. The van der Waals surface area contributed by atoms with Gasteiger partial charge >= 0.3 is 6.18 Å². The smallest absolute Gasteiger partial charge is 0.296 e. The number of hydrogen-bond acceptors (Lipinski definition) is 5. The summed E-state index contributed by atoms with van der Waals surface area (Å²) in [6.45, 7) is 0. The Morgan fingerprint density at radius 1 is 0.914 bits per heavy atom. The Kier molecular flexibility index (Phi) is 5.87. The zero-order chi connectivity index (χ0) is 24.4. The number of alkyl halides is 3. The van der Waals surface area contributed by atoms with Gasteiger partial charge in [0.2, 0.25) is 0 Å². The summed E-state index contributed by atoms with van der Waals surface area (Å²) in [6.07, 6.45) is -1.08. The van der Waals surface area contributed by atoms with Crippen LogP contribution in [-0.4, -0.2) is 25.7 Å². The normalized spacial score (nSPS) is 11.4. The van der Waals surface area contributed by atoms with Gasteiger partial charge in [0.05, 0.1) is 22.6 Å². The molecule has 0 saturated heterocycles. The monoisotopic (exact) mass is 491 g/mol. The molecule has 0 spiro atoms. The minimum Gasteiger partial charge on any atom is -0.296 e. The number of pyridine rings is 1. The van der Waals surface area contributed by atoms with Gasteiger partial charge in [-0.05, 0) is 42.5 Å². The van der Waals surface area contributed by atoms with E-state index >= 15 is 0 Å². The first-order chi connectivity index (χ1) is 16.9. The molecule has 3 heterocycles. The van der Waals surface area contributed by atoms with Crippen LogP contribution in [0.5, 0.6) is 0 Å². The van der Waals surface area contributed by atoms with Crippen molar-refractivity contribution in [2.75, 3.05) is 5.32 Å². The van der Waals surface area contributed by atoms with Gasteiger partial charge in [0.25, 0.3) is 5.91 Å². The number of amides is 1. The topological polar surface area (TPSA) is 72.7 Å². The van der Waals surface area contributed by atoms with Crippen LogP contribution in [0.1, 0.15) is 16.1 Å². The lowest BCUT2D eigenvalue weighted by molar-refractivity contribution is -0.137. The zero-order valence-corrected chi connectivity index (χ0v) is 18.7. The van der Waals surface area contributed by atoms with E-state index in [1.807, 2.05) is 42.5 Å². The Bertz CT molecular complexity index is 1410. The number of para-hydroxylation sites is 1. The lowest BCUT2D eigenvalue weighted by atomic mass is 10.1. The van der Waals surface area contributed by atoms with Gasteiger partial charge in [0.1, 0.15) is 0 Å². The Morgan fingerprint density at radius 3 is 2.31 bits per heavy atom. The molecule has 174 valence electrons. The summed E-state index contributed by atoms with van der Waals surface area (Å²) in [5.41, 5.74) is 2.78. The molecule has 0 radical (unpaired) electrons. The maximum atomic E-state index is 13.0. The predicted molar refractivity (Wildman–Crippen MR) is 127 cm³/mol. The molecule has 1 N–H and O–H groups in total. The Labute approximate surface area is 201 Å². The second-order valence-corrected chi connectivity index (χ2v) is 8.32. The summed E-state index contributed by atoms with van der Waals surface area (Å²) in [6, 6.07) is 19.5. The number of aromatic nitrogens is 4. The highest BCUT2D eigenvalue weighted by Crippen LogP contribution is 2.32. The number of carbonyl (C=O) groups excluding carboxylic acids is 1. The third-order valence-corrected chi connectivity index (χ3v) is 5.91. The second kappa shape index (κ2) is 9.15. The Hall–Kier alpha value is -4.31. The van der Waals surface area contributed by atoms with Crippen LogP contribution in [0.4, 0.5) is 18.3 Å². The number of thiazole rings is 1. The van der Waals surface area contributed by atoms with E-state index in [0.717, 1.165) is 23.4 Å². The van der Waals surface area contributed by atoms with Crippen molar-refractivity contribution in [3.8, 4) is 28.2 Å². The first kappa shape index (κ1) is 22.5. The van der Waals surface area contributed by atoms with Crippen molar-refractivity contribution in [3.63, 3.8) is 0 Å². The number of nitrogens with zero attached hydrogens (tertiary/aromatic N) is 4. The molecule has 1 amide bonds. The molecule has 0 aliphatic carbocycles. The van der Waals surface area contributed by atoms with Gasteiger partial charge in [-0.2, -0.15) is 18.3 Å². The van der Waals surface area contributed by atoms with Crippen LogP contribution in [0, 0.1) is 0 Å². The molecule has 3 aromatic heterocycles. The van der Waals surface area contributed by atoms with Gasteiger partial charge in [0, 0.05) is 28.9 Å². The van der Waals surface area contributed by atoms with E-state index in [2.05, 4.69) is 20.4 Å². The van der Waals surface area contributed by atoms with Crippen LogP contribution in [0.3, 0.4) is 0 Å². The van der Waals surface area contributed by atoms with Gasteiger partial charge in [0.15, 0.2) is 10.8 Å². The van der Waals surface area contributed by atoms with Gasteiger partial charge in [-0.1, -0.05) is 30.3 Å². The highest BCUT2D eigenvalue weighted by Gasteiger charge is 2.30. The number of nitrogens with one attached hydrogen (secondary N) is 1. The molecule has 5 rings (SSSR count). The number of hydrogen-bond donors (Lipinski definition) is 1. The quantitative estimate of drug-likeness (QED) is 0.312. The predicted octanol–water partition coefficient (Wildman–Crippen LogP) is 6.33. The lowest BCUT2D eigenvalue weighted by Crippen LogP contribution is -2.13. The molecular weight excluding hydrogens is 475 g/mol. The van der Waals surface area contributed by atoms with Gasteiger partial charge in [-0.25, -0.2) is 9.67 Å². The molecule has 2 aromatic carbocycles. The van der Waals surface area contributed by atoms with Crippen LogP contribution in [-0.2, 0) is 6.18 Å². The fourth-order valence-corrected chi connectivity index (χ4v) is 4.16. The molecule has 0 aliphatic rings. The average molecular weight is 491 g/mol. The number of carbonyl (C=O) groups is 1. The second-order valence-electron chi connectivity index (χ2n) is 7.47. The van der Waals surface area contributed by atoms with Crippen molar-refractivity contribution >= 4 is 22.4 Å². The number of halogens is 3. The number of anilines is 1. The van der Waals surface area contributed by atoms with E-state index in [1.54, 1.807) is 28.5 Å². The fourth-order valence-electron chi connectivity index (χ4n) is 3.44. The lowest BCUT2D eigenvalue weighted by Gasteiger charge is -2.06. The standard InChI is InChI=1S/C25H16F3N5OS/c26-25(27,28)18-8-6-16(7-9-18)21-15-35-24(30-21)31-23(34)20-14-22(17-10-12-29-13-11-17)33(32-20)19-4-2-1-3-5-19/h1-15H,(H,30,31,34). The maximum absolute atomic E-state index is 13.0. The van der Waals surface area contributed by atoms with E-state index in [4.69, 9.17) is 0 Å². The van der Waals surface area contributed by atoms with E-state index in [9.17, 15) is 18.0 Å². The minimum absolute atomic E-state index is 0.187. The molecule has 10 heteroatoms. The third kappa shape index (κ3) is 4.82. The van der Waals surface area contributed by atoms with Crippen molar-refractivity contribution < 1.29 is 18.0 Å². The fraction of sp³-hybridized carbons (Fsp3) is 0.0400. The van der Waals surface area contributed by atoms with E-state index < -0.39 is 17.6 Å². The van der Waals surface area contributed by atoms with Crippen molar-refractivity contribution in [2.45, 2.75) is 6.18 Å². The first-order valence-corrected chi connectivity index (χ1v) is 11.3. The third-order valence-electron chi connectivity index (χ3n) is 5.15. The van der Waals surface area contributed by atoms with Crippen LogP contribution < -0.4 is 5.32 Å². The molecule has 35 heavy (non-hydrogen) atoms.